The summed E-state index contributed by atoms with van der Waals surface area (Å²) in [5, 5.41) is 1.02. The first-order valence-electron chi connectivity index (χ1n) is 6.13. The van der Waals surface area contributed by atoms with E-state index in [9.17, 15) is 0 Å². The van der Waals surface area contributed by atoms with Gasteiger partial charge in [0.05, 0.1) is 5.69 Å². The van der Waals surface area contributed by atoms with E-state index in [4.69, 9.17) is 10.7 Å². The molecule has 0 amide bonds. The molecule has 0 spiro atoms. The van der Waals surface area contributed by atoms with E-state index in [0.29, 0.717) is 0 Å². The molecule has 0 unspecified atom stereocenters. The zero-order valence-corrected chi connectivity index (χ0v) is 11.4. The summed E-state index contributed by atoms with van der Waals surface area (Å²) in [6.45, 7) is 2.11. The summed E-state index contributed by atoms with van der Waals surface area (Å²) < 4.78 is 0. The van der Waals surface area contributed by atoms with E-state index in [1.807, 2.05) is 42.5 Å². The zero-order valence-electron chi connectivity index (χ0n) is 10.6. The lowest BCUT2D eigenvalue weighted by Crippen LogP contribution is -1.85. The first kappa shape index (κ1) is 11.9. The minimum absolute atomic E-state index is 0.770. The molecule has 1 heterocycles. The average molecular weight is 266 g/mol. The number of benzene rings is 2. The number of hydrogen-bond donors (Lipinski definition) is 1. The van der Waals surface area contributed by atoms with E-state index < -0.39 is 0 Å². The number of nitrogens with zero attached hydrogens (tertiary/aromatic N) is 1. The van der Waals surface area contributed by atoms with Gasteiger partial charge >= 0.3 is 0 Å². The van der Waals surface area contributed by atoms with Gasteiger partial charge in [0.25, 0.3) is 0 Å². The monoisotopic (exact) mass is 266 g/mol. The molecule has 3 heteroatoms. The average Bonchev–Trinajstić information content (AvgIpc) is 2.82. The second-order valence-corrected chi connectivity index (χ2v) is 5.62. The van der Waals surface area contributed by atoms with Crippen molar-refractivity contribution in [2.45, 2.75) is 6.92 Å². The van der Waals surface area contributed by atoms with Gasteiger partial charge < -0.3 is 5.73 Å². The first-order chi connectivity index (χ1) is 9.24. The Labute approximate surface area is 116 Å². The fourth-order valence-electron chi connectivity index (χ4n) is 2.06. The first-order valence-corrected chi connectivity index (χ1v) is 6.94. The van der Waals surface area contributed by atoms with Crippen molar-refractivity contribution in [1.82, 2.24) is 4.98 Å². The normalized spacial score (nSPS) is 10.6. The second-order valence-electron chi connectivity index (χ2n) is 4.42. The third-order valence-corrected chi connectivity index (χ3v) is 4.00. The number of nitrogen functional groups attached to an aromatic ring is 1. The predicted molar refractivity (Wildman–Crippen MR) is 82.1 cm³/mol. The maximum Gasteiger partial charge on any atom is 0.124 e. The van der Waals surface area contributed by atoms with Gasteiger partial charge in [0.1, 0.15) is 5.01 Å². The lowest BCUT2D eigenvalue weighted by Gasteiger charge is -1.98. The number of aryl methyl sites for hydroxylation is 1. The van der Waals surface area contributed by atoms with Gasteiger partial charge in [0, 0.05) is 21.7 Å². The van der Waals surface area contributed by atoms with Gasteiger partial charge in [-0.3, -0.25) is 0 Å². The van der Waals surface area contributed by atoms with Crippen molar-refractivity contribution in [2.75, 3.05) is 5.73 Å². The summed E-state index contributed by atoms with van der Waals surface area (Å²) in [6, 6.07) is 18.1. The Morgan fingerprint density at radius 3 is 2.42 bits per heavy atom. The molecule has 0 bridgehead atoms. The molecular formula is C16H14N2S. The van der Waals surface area contributed by atoms with Crippen LogP contribution in [0.4, 0.5) is 5.69 Å². The summed E-state index contributed by atoms with van der Waals surface area (Å²) in [5.41, 5.74) is 9.89. The standard InChI is InChI=1S/C16H14N2S/c1-11-15(12-6-3-2-4-7-12)18-16(19-11)13-8-5-9-14(17)10-13/h2-10H,17H2,1H3. The SMILES string of the molecule is Cc1sc(-c2cccc(N)c2)nc1-c1ccccc1. The van der Waals surface area contributed by atoms with Crippen LogP contribution in [0.25, 0.3) is 21.8 Å². The van der Waals surface area contributed by atoms with Crippen LogP contribution in [0.3, 0.4) is 0 Å². The Morgan fingerprint density at radius 1 is 0.947 bits per heavy atom. The third-order valence-electron chi connectivity index (χ3n) is 2.98. The summed E-state index contributed by atoms with van der Waals surface area (Å²) in [4.78, 5) is 5.98. The quantitative estimate of drug-likeness (QED) is 0.700. The van der Waals surface area contributed by atoms with Crippen LogP contribution < -0.4 is 5.73 Å². The molecule has 0 fully saturated rings. The molecule has 3 aromatic rings. The molecule has 2 aromatic carbocycles. The molecule has 3 rings (SSSR count). The van der Waals surface area contributed by atoms with Crippen LogP contribution in [-0.2, 0) is 0 Å². The number of nitrogens with two attached hydrogens (primary N) is 1. The van der Waals surface area contributed by atoms with E-state index in [2.05, 4.69) is 19.1 Å². The smallest absolute Gasteiger partial charge is 0.124 e. The minimum Gasteiger partial charge on any atom is -0.399 e. The van der Waals surface area contributed by atoms with Crippen molar-refractivity contribution in [3.63, 3.8) is 0 Å². The minimum atomic E-state index is 0.770. The molecule has 1 aromatic heterocycles. The second kappa shape index (κ2) is 4.86. The van der Waals surface area contributed by atoms with Crippen LogP contribution in [0.5, 0.6) is 0 Å². The van der Waals surface area contributed by atoms with Crippen molar-refractivity contribution in [3.05, 3.63) is 59.5 Å². The summed E-state index contributed by atoms with van der Waals surface area (Å²) in [7, 11) is 0. The number of aromatic nitrogens is 1. The van der Waals surface area contributed by atoms with Gasteiger partial charge in [-0.1, -0.05) is 42.5 Å². The van der Waals surface area contributed by atoms with Gasteiger partial charge in [-0.15, -0.1) is 11.3 Å². The number of thiazole rings is 1. The van der Waals surface area contributed by atoms with Crippen molar-refractivity contribution in [1.29, 1.82) is 0 Å². The Kier molecular flexibility index (Phi) is 3.05. The largest absolute Gasteiger partial charge is 0.399 e. The molecule has 0 radical (unpaired) electrons. The van der Waals surface area contributed by atoms with Gasteiger partial charge in [-0.05, 0) is 19.1 Å². The molecule has 2 N–H and O–H groups in total. The topological polar surface area (TPSA) is 38.9 Å². The van der Waals surface area contributed by atoms with Crippen LogP contribution in [0.2, 0.25) is 0 Å². The van der Waals surface area contributed by atoms with Crippen LogP contribution in [0.15, 0.2) is 54.6 Å². The third kappa shape index (κ3) is 2.37. The molecule has 19 heavy (non-hydrogen) atoms. The van der Waals surface area contributed by atoms with E-state index in [-0.39, 0.29) is 0 Å². The lowest BCUT2D eigenvalue weighted by atomic mass is 10.1. The number of hydrogen-bond acceptors (Lipinski definition) is 3. The summed E-state index contributed by atoms with van der Waals surface area (Å²) in [5.74, 6) is 0. The van der Waals surface area contributed by atoms with Crippen molar-refractivity contribution in [2.24, 2.45) is 0 Å². The fourth-order valence-corrected chi connectivity index (χ4v) is 2.99. The van der Waals surface area contributed by atoms with Gasteiger partial charge in [-0.25, -0.2) is 4.98 Å². The maximum absolute atomic E-state index is 5.83. The van der Waals surface area contributed by atoms with Gasteiger partial charge in [-0.2, -0.15) is 0 Å². The Hall–Kier alpha value is -2.13. The summed E-state index contributed by atoms with van der Waals surface area (Å²) in [6.07, 6.45) is 0. The molecule has 0 saturated heterocycles. The van der Waals surface area contributed by atoms with E-state index in [1.165, 1.54) is 4.88 Å². The van der Waals surface area contributed by atoms with Crippen LogP contribution in [0.1, 0.15) is 4.88 Å². The van der Waals surface area contributed by atoms with Crippen LogP contribution in [0, 0.1) is 6.92 Å². The fraction of sp³-hybridized carbons (Fsp3) is 0.0625. The van der Waals surface area contributed by atoms with Crippen LogP contribution >= 0.6 is 11.3 Å². The van der Waals surface area contributed by atoms with E-state index in [1.54, 1.807) is 11.3 Å². The van der Waals surface area contributed by atoms with Crippen molar-refractivity contribution >= 4 is 17.0 Å². The Bertz CT molecular complexity index is 702. The maximum atomic E-state index is 5.83. The molecule has 0 aliphatic heterocycles. The molecular weight excluding hydrogens is 252 g/mol. The van der Waals surface area contributed by atoms with Crippen LogP contribution in [-0.4, -0.2) is 4.98 Å². The summed E-state index contributed by atoms with van der Waals surface area (Å²) >= 11 is 1.70. The molecule has 0 saturated carbocycles. The molecule has 0 atom stereocenters. The van der Waals surface area contributed by atoms with Crippen molar-refractivity contribution < 1.29 is 0 Å². The van der Waals surface area contributed by atoms with Gasteiger partial charge in [0.15, 0.2) is 0 Å². The van der Waals surface area contributed by atoms with E-state index in [0.717, 1.165) is 27.5 Å². The molecule has 0 aliphatic carbocycles. The van der Waals surface area contributed by atoms with Crippen molar-refractivity contribution in [3.8, 4) is 21.8 Å². The highest BCUT2D eigenvalue weighted by atomic mass is 32.1. The lowest BCUT2D eigenvalue weighted by molar-refractivity contribution is 1.37. The molecule has 2 nitrogen and oxygen atoms in total. The number of rotatable bonds is 2. The highest BCUT2D eigenvalue weighted by molar-refractivity contribution is 7.15. The number of anilines is 1. The molecule has 94 valence electrons. The Morgan fingerprint density at radius 2 is 1.68 bits per heavy atom. The zero-order chi connectivity index (χ0) is 13.2. The predicted octanol–water partition coefficient (Wildman–Crippen LogP) is 4.37. The highest BCUT2D eigenvalue weighted by Gasteiger charge is 2.10. The highest BCUT2D eigenvalue weighted by Crippen LogP contribution is 2.33. The van der Waals surface area contributed by atoms with Gasteiger partial charge in [0.2, 0.25) is 0 Å². The molecule has 0 aliphatic rings. The van der Waals surface area contributed by atoms with E-state index >= 15 is 0 Å². The Balaban J connectivity index is 2.07.